The lowest BCUT2D eigenvalue weighted by Gasteiger charge is -2.08. The molecule has 3 rings (SSSR count). The van der Waals surface area contributed by atoms with E-state index in [1.807, 2.05) is 23.6 Å². The van der Waals surface area contributed by atoms with Gasteiger partial charge in [0.15, 0.2) is 0 Å². The lowest BCUT2D eigenvalue weighted by Crippen LogP contribution is -2.04. The summed E-state index contributed by atoms with van der Waals surface area (Å²) in [6.45, 7) is 2.73. The molecule has 0 saturated carbocycles. The summed E-state index contributed by atoms with van der Waals surface area (Å²) < 4.78 is 6.58. The van der Waals surface area contributed by atoms with Crippen LogP contribution in [0.25, 0.3) is 0 Å². The Labute approximate surface area is 124 Å². The second-order valence-electron chi connectivity index (χ2n) is 4.50. The number of halogens is 1. The number of ketones is 1. The lowest BCUT2D eigenvalue weighted by molar-refractivity contribution is 0.103. The minimum absolute atomic E-state index is 0.0753. The predicted molar refractivity (Wildman–Crippen MR) is 80.5 cm³/mol. The van der Waals surface area contributed by atoms with Gasteiger partial charge in [0.05, 0.1) is 17.0 Å². The molecule has 0 radical (unpaired) electrons. The largest absolute Gasteiger partial charge is 0.492 e. The minimum atomic E-state index is 0.0753. The summed E-state index contributed by atoms with van der Waals surface area (Å²) in [5.41, 5.74) is 2.91. The summed E-state index contributed by atoms with van der Waals surface area (Å²) in [5, 5.41) is 1.98. The quantitative estimate of drug-likeness (QED) is 0.783. The molecule has 2 aromatic rings. The van der Waals surface area contributed by atoms with Crippen LogP contribution in [0.4, 0.5) is 0 Å². The fourth-order valence-electron chi connectivity index (χ4n) is 2.37. The zero-order chi connectivity index (χ0) is 13.4. The second kappa shape index (κ2) is 5.10. The molecule has 0 spiro atoms. The van der Waals surface area contributed by atoms with Crippen molar-refractivity contribution in [1.29, 1.82) is 0 Å². The molecule has 0 bridgehead atoms. The fraction of sp³-hybridized carbons (Fsp3) is 0.267. The first kappa shape index (κ1) is 12.9. The average Bonchev–Trinajstić information content (AvgIpc) is 3.04. The van der Waals surface area contributed by atoms with E-state index in [0.717, 1.165) is 39.1 Å². The van der Waals surface area contributed by atoms with Crippen LogP contribution in [-0.4, -0.2) is 12.4 Å². The van der Waals surface area contributed by atoms with E-state index >= 15 is 0 Å². The van der Waals surface area contributed by atoms with Gasteiger partial charge in [-0.3, -0.25) is 4.79 Å². The number of carbonyl (C=O) groups excluding carboxylic acids is 1. The molecule has 0 atom stereocenters. The van der Waals surface area contributed by atoms with E-state index in [0.29, 0.717) is 12.2 Å². The number of hydrogen-bond donors (Lipinski definition) is 0. The van der Waals surface area contributed by atoms with E-state index in [9.17, 15) is 4.79 Å². The zero-order valence-electron chi connectivity index (χ0n) is 10.5. The summed E-state index contributed by atoms with van der Waals surface area (Å²) in [6.07, 6.45) is 1.75. The number of thiophene rings is 1. The molecule has 1 aliphatic heterocycles. The van der Waals surface area contributed by atoms with Crippen LogP contribution in [0, 0.1) is 0 Å². The van der Waals surface area contributed by atoms with E-state index in [-0.39, 0.29) is 5.78 Å². The number of hydrogen-bond acceptors (Lipinski definition) is 3. The zero-order valence-corrected chi connectivity index (χ0v) is 12.9. The van der Waals surface area contributed by atoms with Gasteiger partial charge in [-0.1, -0.05) is 22.9 Å². The standard InChI is InChI=1S/C15H13BrO2S/c1-2-9-4-6-19-15(9)13(17)12-8-11(16)7-10-3-5-18-14(10)12/h4,6-8H,2-3,5H2,1H3. The van der Waals surface area contributed by atoms with E-state index < -0.39 is 0 Å². The summed E-state index contributed by atoms with van der Waals surface area (Å²) >= 11 is 4.99. The maximum atomic E-state index is 12.7. The van der Waals surface area contributed by atoms with E-state index in [1.165, 1.54) is 11.3 Å². The van der Waals surface area contributed by atoms with E-state index in [2.05, 4.69) is 22.9 Å². The Hall–Kier alpha value is -1.13. The van der Waals surface area contributed by atoms with Crippen molar-refractivity contribution in [2.75, 3.05) is 6.61 Å². The topological polar surface area (TPSA) is 26.3 Å². The van der Waals surface area contributed by atoms with Crippen molar-refractivity contribution in [3.8, 4) is 5.75 Å². The van der Waals surface area contributed by atoms with Crippen LogP contribution < -0.4 is 4.74 Å². The van der Waals surface area contributed by atoms with Crippen LogP contribution in [-0.2, 0) is 12.8 Å². The highest BCUT2D eigenvalue weighted by Gasteiger charge is 2.24. The highest BCUT2D eigenvalue weighted by molar-refractivity contribution is 9.10. The molecule has 1 aromatic heterocycles. The van der Waals surface area contributed by atoms with Crippen molar-refractivity contribution in [3.05, 3.63) is 49.6 Å². The molecule has 0 saturated heterocycles. The molecule has 2 heterocycles. The van der Waals surface area contributed by atoms with E-state index in [1.54, 1.807) is 0 Å². The van der Waals surface area contributed by atoms with Gasteiger partial charge in [0.25, 0.3) is 0 Å². The normalized spacial score (nSPS) is 13.2. The SMILES string of the molecule is CCc1ccsc1C(=O)c1cc(Br)cc2c1OCC2. The Kier molecular flexibility index (Phi) is 3.46. The average molecular weight is 337 g/mol. The molecule has 19 heavy (non-hydrogen) atoms. The molecule has 0 N–H and O–H groups in total. The number of rotatable bonds is 3. The van der Waals surface area contributed by atoms with Gasteiger partial charge in [-0.15, -0.1) is 11.3 Å². The summed E-state index contributed by atoms with van der Waals surface area (Å²) in [5.74, 6) is 0.843. The molecular formula is C15H13BrO2S. The van der Waals surface area contributed by atoms with Crippen molar-refractivity contribution in [2.24, 2.45) is 0 Å². The summed E-state index contributed by atoms with van der Waals surface area (Å²) in [7, 11) is 0. The molecular weight excluding hydrogens is 324 g/mol. The van der Waals surface area contributed by atoms with Gasteiger partial charge in [0.2, 0.25) is 5.78 Å². The summed E-state index contributed by atoms with van der Waals surface area (Å²) in [4.78, 5) is 13.5. The van der Waals surface area contributed by atoms with Crippen molar-refractivity contribution in [2.45, 2.75) is 19.8 Å². The van der Waals surface area contributed by atoms with Crippen LogP contribution in [0.15, 0.2) is 28.1 Å². The Bertz CT molecular complexity index is 646. The van der Waals surface area contributed by atoms with Crippen molar-refractivity contribution in [3.63, 3.8) is 0 Å². The first-order valence-corrected chi connectivity index (χ1v) is 7.94. The first-order valence-electron chi connectivity index (χ1n) is 6.27. The number of carbonyl (C=O) groups is 1. The summed E-state index contributed by atoms with van der Waals surface area (Å²) in [6, 6.07) is 5.93. The smallest absolute Gasteiger partial charge is 0.206 e. The van der Waals surface area contributed by atoms with E-state index in [4.69, 9.17) is 4.74 Å². The van der Waals surface area contributed by atoms with Crippen LogP contribution in [0.1, 0.15) is 33.3 Å². The van der Waals surface area contributed by atoms with Gasteiger partial charge in [0, 0.05) is 10.9 Å². The Morgan fingerprint density at radius 3 is 3.11 bits per heavy atom. The Morgan fingerprint density at radius 2 is 2.32 bits per heavy atom. The number of benzene rings is 1. The molecule has 0 fully saturated rings. The van der Waals surface area contributed by atoms with Crippen LogP contribution in [0.2, 0.25) is 0 Å². The molecule has 0 aliphatic carbocycles. The lowest BCUT2D eigenvalue weighted by atomic mass is 10.0. The fourth-order valence-corrected chi connectivity index (χ4v) is 3.83. The monoisotopic (exact) mass is 336 g/mol. The van der Waals surface area contributed by atoms with Gasteiger partial charge < -0.3 is 4.74 Å². The van der Waals surface area contributed by atoms with Crippen LogP contribution in [0.3, 0.4) is 0 Å². The van der Waals surface area contributed by atoms with Crippen LogP contribution >= 0.6 is 27.3 Å². The van der Waals surface area contributed by atoms with Crippen molar-refractivity contribution in [1.82, 2.24) is 0 Å². The molecule has 4 heteroatoms. The second-order valence-corrected chi connectivity index (χ2v) is 6.33. The molecule has 1 aliphatic rings. The maximum absolute atomic E-state index is 12.7. The first-order chi connectivity index (χ1) is 9.20. The van der Waals surface area contributed by atoms with Crippen molar-refractivity contribution >= 4 is 33.0 Å². The molecule has 98 valence electrons. The minimum Gasteiger partial charge on any atom is -0.492 e. The third-order valence-corrected chi connectivity index (χ3v) is 4.74. The van der Waals surface area contributed by atoms with Crippen molar-refractivity contribution < 1.29 is 9.53 Å². The van der Waals surface area contributed by atoms with Gasteiger partial charge >= 0.3 is 0 Å². The third kappa shape index (κ3) is 2.23. The highest BCUT2D eigenvalue weighted by atomic mass is 79.9. The molecule has 0 unspecified atom stereocenters. The third-order valence-electron chi connectivity index (χ3n) is 3.33. The van der Waals surface area contributed by atoms with Gasteiger partial charge in [-0.25, -0.2) is 0 Å². The van der Waals surface area contributed by atoms with Gasteiger partial charge in [-0.05, 0) is 41.1 Å². The number of fused-ring (bicyclic) bond motifs is 1. The Morgan fingerprint density at radius 1 is 1.47 bits per heavy atom. The number of aryl methyl sites for hydroxylation is 1. The van der Waals surface area contributed by atoms with Gasteiger partial charge in [0.1, 0.15) is 5.75 Å². The Balaban J connectivity index is 2.10. The molecule has 2 nitrogen and oxygen atoms in total. The van der Waals surface area contributed by atoms with Crippen LogP contribution in [0.5, 0.6) is 5.75 Å². The van der Waals surface area contributed by atoms with Gasteiger partial charge in [-0.2, -0.15) is 0 Å². The molecule has 1 aromatic carbocycles. The predicted octanol–water partition coefficient (Wildman–Crippen LogP) is 4.24. The molecule has 0 amide bonds. The highest BCUT2D eigenvalue weighted by Crippen LogP contribution is 2.35. The number of ether oxygens (including phenoxy) is 1. The maximum Gasteiger partial charge on any atom is 0.206 e.